The van der Waals surface area contributed by atoms with Crippen LogP contribution in [0.25, 0.3) is 0 Å². The van der Waals surface area contributed by atoms with E-state index in [1.807, 2.05) is 30.3 Å². The van der Waals surface area contributed by atoms with Gasteiger partial charge >= 0.3 is 5.97 Å². The summed E-state index contributed by atoms with van der Waals surface area (Å²) in [4.78, 5) is 15.9. The molecule has 0 fully saturated rings. The Morgan fingerprint density at radius 1 is 1.43 bits per heavy atom. The molecule has 4 nitrogen and oxygen atoms in total. The van der Waals surface area contributed by atoms with Crippen LogP contribution in [0.3, 0.4) is 0 Å². The Bertz CT molecular complexity index is 717. The minimum absolute atomic E-state index is 0.283. The van der Waals surface area contributed by atoms with Gasteiger partial charge in [0.1, 0.15) is 5.82 Å². The second-order valence-corrected chi connectivity index (χ2v) is 5.80. The van der Waals surface area contributed by atoms with Crippen molar-refractivity contribution in [2.75, 3.05) is 12.4 Å². The second-order valence-electron chi connectivity index (χ2n) is 5.37. The quantitative estimate of drug-likeness (QED) is 0.864. The number of nitrogens with zero attached hydrogens (tertiary/aromatic N) is 1. The molecule has 0 amide bonds. The van der Waals surface area contributed by atoms with Crippen LogP contribution in [0.5, 0.6) is 0 Å². The van der Waals surface area contributed by atoms with Crippen LogP contribution >= 0.6 is 11.6 Å². The van der Waals surface area contributed by atoms with Gasteiger partial charge in [-0.1, -0.05) is 23.7 Å². The van der Waals surface area contributed by atoms with Gasteiger partial charge in [0, 0.05) is 17.6 Å². The molecule has 1 N–H and O–H groups in total. The molecule has 0 spiro atoms. The molecule has 0 saturated heterocycles. The molecule has 0 saturated carbocycles. The smallest absolute Gasteiger partial charge is 0.339 e. The first-order valence-corrected chi connectivity index (χ1v) is 7.01. The van der Waals surface area contributed by atoms with Crippen LogP contribution in [-0.2, 0) is 16.7 Å². The Kier molecular flexibility index (Phi) is 3.33. The minimum Gasteiger partial charge on any atom is -0.465 e. The lowest BCUT2D eigenvalue weighted by atomic mass is 9.89. The van der Waals surface area contributed by atoms with E-state index in [-0.39, 0.29) is 11.5 Å². The van der Waals surface area contributed by atoms with Crippen molar-refractivity contribution in [3.63, 3.8) is 0 Å². The summed E-state index contributed by atoms with van der Waals surface area (Å²) in [5.74, 6) is 0.423. The van der Waals surface area contributed by atoms with E-state index in [9.17, 15) is 4.79 Å². The number of halogens is 1. The van der Waals surface area contributed by atoms with Crippen molar-refractivity contribution in [3.05, 3.63) is 58.2 Å². The van der Waals surface area contributed by atoms with Crippen LogP contribution in [0.4, 0.5) is 5.82 Å². The van der Waals surface area contributed by atoms with Crippen molar-refractivity contribution < 1.29 is 9.53 Å². The van der Waals surface area contributed by atoms with Crippen molar-refractivity contribution in [1.29, 1.82) is 0 Å². The van der Waals surface area contributed by atoms with Gasteiger partial charge in [0.15, 0.2) is 0 Å². The fourth-order valence-corrected chi connectivity index (χ4v) is 2.87. The number of nitrogens with one attached hydrogen (secondary N) is 1. The third kappa shape index (κ3) is 2.47. The normalized spacial score (nSPS) is 19.8. The lowest BCUT2D eigenvalue weighted by Crippen LogP contribution is -2.29. The molecule has 0 aliphatic carbocycles. The number of benzene rings is 1. The fraction of sp³-hybridized carbons (Fsp3) is 0.250. The Hall–Kier alpha value is -2.07. The topological polar surface area (TPSA) is 51.2 Å². The highest BCUT2D eigenvalue weighted by Gasteiger charge is 2.35. The number of methoxy groups -OCH3 is 1. The van der Waals surface area contributed by atoms with Gasteiger partial charge in [0.05, 0.1) is 18.2 Å². The maximum atomic E-state index is 11.6. The summed E-state index contributed by atoms with van der Waals surface area (Å²) < 4.78 is 4.73. The van der Waals surface area contributed by atoms with Gasteiger partial charge in [-0.15, -0.1) is 0 Å². The van der Waals surface area contributed by atoms with E-state index in [1.54, 1.807) is 0 Å². The van der Waals surface area contributed by atoms with Crippen LogP contribution in [0, 0.1) is 0 Å². The molecule has 2 aromatic rings. The third-order valence-corrected chi connectivity index (χ3v) is 4.02. The average molecular weight is 303 g/mol. The number of aromatic nitrogens is 1. The number of fused-ring (bicyclic) bond motifs is 1. The van der Waals surface area contributed by atoms with Crippen molar-refractivity contribution in [2.45, 2.75) is 18.9 Å². The molecule has 108 valence electrons. The monoisotopic (exact) mass is 302 g/mol. The zero-order valence-electron chi connectivity index (χ0n) is 11.8. The number of hydrogen-bond donors (Lipinski definition) is 1. The van der Waals surface area contributed by atoms with Gasteiger partial charge in [0.25, 0.3) is 0 Å². The van der Waals surface area contributed by atoms with Crippen LogP contribution < -0.4 is 5.32 Å². The number of carbonyl (C=O) groups is 1. The summed E-state index contributed by atoms with van der Waals surface area (Å²) in [5, 5.41) is 4.12. The summed E-state index contributed by atoms with van der Waals surface area (Å²) in [6.45, 7) is 2.10. The molecule has 2 heterocycles. The molecule has 21 heavy (non-hydrogen) atoms. The number of carbonyl (C=O) groups excluding carboxylic acids is 1. The van der Waals surface area contributed by atoms with E-state index in [4.69, 9.17) is 16.3 Å². The Balaban J connectivity index is 1.95. The molecule has 1 atom stereocenters. The summed E-state index contributed by atoms with van der Waals surface area (Å²) in [6.07, 6.45) is 2.27. The highest BCUT2D eigenvalue weighted by Crippen LogP contribution is 2.38. The number of esters is 1. The number of pyridine rings is 1. The predicted molar refractivity (Wildman–Crippen MR) is 81.7 cm³/mol. The molecule has 5 heteroatoms. The Morgan fingerprint density at radius 2 is 2.24 bits per heavy atom. The number of anilines is 1. The molecule has 1 aromatic heterocycles. The van der Waals surface area contributed by atoms with Crippen molar-refractivity contribution in [1.82, 2.24) is 4.98 Å². The molecule has 0 unspecified atom stereocenters. The zero-order valence-corrected chi connectivity index (χ0v) is 12.6. The molecule has 1 aromatic carbocycles. The molecule has 0 radical (unpaired) electrons. The molecule has 3 rings (SSSR count). The van der Waals surface area contributed by atoms with Crippen LogP contribution in [0.15, 0.2) is 36.5 Å². The lowest BCUT2D eigenvalue weighted by molar-refractivity contribution is 0.0600. The van der Waals surface area contributed by atoms with E-state index >= 15 is 0 Å². The first-order valence-electron chi connectivity index (χ1n) is 6.63. The highest BCUT2D eigenvalue weighted by molar-refractivity contribution is 6.30. The van der Waals surface area contributed by atoms with E-state index in [2.05, 4.69) is 17.2 Å². The van der Waals surface area contributed by atoms with Gasteiger partial charge in [-0.25, -0.2) is 9.78 Å². The molecule has 0 bridgehead atoms. The van der Waals surface area contributed by atoms with E-state index in [0.29, 0.717) is 10.6 Å². The average Bonchev–Trinajstić information content (AvgIpc) is 2.83. The van der Waals surface area contributed by atoms with Gasteiger partial charge in [-0.3, -0.25) is 0 Å². The zero-order chi connectivity index (χ0) is 15.0. The van der Waals surface area contributed by atoms with Crippen molar-refractivity contribution >= 4 is 23.4 Å². The highest BCUT2D eigenvalue weighted by atomic mass is 35.5. The molecular formula is C16H15ClN2O2. The molecule has 1 aliphatic heterocycles. The lowest BCUT2D eigenvalue weighted by Gasteiger charge is -2.25. The maximum Gasteiger partial charge on any atom is 0.339 e. The minimum atomic E-state index is -0.373. The standard InChI is InChI=1S/C16H15ClN2O2/c1-16(12-4-3-5-13(17)7-12)8-10-6-11(15(20)21-2)9-18-14(10)19-16/h3-7,9H,8H2,1-2H3,(H,18,19)/t16-/m1/s1. The van der Waals surface area contributed by atoms with Gasteiger partial charge < -0.3 is 10.1 Å². The molecular weight excluding hydrogens is 288 g/mol. The summed E-state index contributed by atoms with van der Waals surface area (Å²) >= 11 is 6.08. The number of ether oxygens (including phenoxy) is 1. The van der Waals surface area contributed by atoms with Crippen molar-refractivity contribution in [2.24, 2.45) is 0 Å². The predicted octanol–water partition coefficient (Wildman–Crippen LogP) is 3.41. The summed E-state index contributed by atoms with van der Waals surface area (Å²) in [7, 11) is 1.36. The molecule has 1 aliphatic rings. The maximum absolute atomic E-state index is 11.6. The van der Waals surface area contributed by atoms with Gasteiger partial charge in [-0.2, -0.15) is 0 Å². The van der Waals surface area contributed by atoms with E-state index < -0.39 is 0 Å². The summed E-state index contributed by atoms with van der Waals surface area (Å²) in [6, 6.07) is 9.59. The van der Waals surface area contributed by atoms with Crippen molar-refractivity contribution in [3.8, 4) is 0 Å². The van der Waals surface area contributed by atoms with Gasteiger partial charge in [-0.05, 0) is 36.2 Å². The first-order chi connectivity index (χ1) is 10.0. The van der Waals surface area contributed by atoms with Crippen LogP contribution in [-0.4, -0.2) is 18.1 Å². The second kappa shape index (κ2) is 5.04. The number of rotatable bonds is 2. The summed E-state index contributed by atoms with van der Waals surface area (Å²) in [5.41, 5.74) is 2.27. The largest absolute Gasteiger partial charge is 0.465 e. The van der Waals surface area contributed by atoms with Crippen LogP contribution in [0.1, 0.15) is 28.4 Å². The first kappa shape index (κ1) is 13.9. The third-order valence-electron chi connectivity index (χ3n) is 3.79. The van der Waals surface area contributed by atoms with E-state index in [0.717, 1.165) is 23.4 Å². The van der Waals surface area contributed by atoms with Crippen LogP contribution in [0.2, 0.25) is 5.02 Å². The number of hydrogen-bond acceptors (Lipinski definition) is 4. The van der Waals surface area contributed by atoms with E-state index in [1.165, 1.54) is 13.3 Å². The Labute approximate surface area is 128 Å². The van der Waals surface area contributed by atoms with Gasteiger partial charge in [0.2, 0.25) is 0 Å². The fourth-order valence-electron chi connectivity index (χ4n) is 2.68. The SMILES string of the molecule is COC(=O)c1cnc2c(c1)C[C@](C)(c1cccc(Cl)c1)N2. The Morgan fingerprint density at radius 3 is 2.95 bits per heavy atom.